The van der Waals surface area contributed by atoms with Gasteiger partial charge >= 0.3 is 6.09 Å². The number of allylic oxidation sites excluding steroid dienone is 2. The van der Waals surface area contributed by atoms with Crippen LogP contribution in [0, 0.1) is 5.82 Å². The van der Waals surface area contributed by atoms with E-state index in [2.05, 4.69) is 15.2 Å². The zero-order chi connectivity index (χ0) is 33.6. The highest BCUT2D eigenvalue weighted by Crippen LogP contribution is 2.44. The Morgan fingerprint density at radius 2 is 1.69 bits per heavy atom. The summed E-state index contributed by atoms with van der Waals surface area (Å²) in [6, 6.07) is 14.2. The molecule has 2 amide bonds. The SMILES string of the molecule is COc1cc(/C=C2/C(C)=C(CNC(=O)Cc3ccccn3)c3cc(F)ccc32)cc(OC)c1OC(=O)N1CCC(N2CCCCC2)CC1. The molecule has 9 nitrogen and oxygen atoms in total. The Bertz CT molecular complexity index is 1680. The fourth-order valence-corrected chi connectivity index (χ4v) is 7.00. The van der Waals surface area contributed by atoms with E-state index in [0.29, 0.717) is 36.3 Å². The summed E-state index contributed by atoms with van der Waals surface area (Å²) in [7, 11) is 3.05. The Hall–Kier alpha value is -4.70. The van der Waals surface area contributed by atoms with E-state index < -0.39 is 6.09 Å². The van der Waals surface area contributed by atoms with Gasteiger partial charge in [0.15, 0.2) is 11.5 Å². The first-order valence-corrected chi connectivity index (χ1v) is 16.7. The number of pyridine rings is 1. The Labute approximate surface area is 281 Å². The number of methoxy groups -OCH3 is 2. The van der Waals surface area contributed by atoms with Crippen LogP contribution in [0.15, 0.2) is 60.3 Å². The molecule has 2 aliphatic heterocycles. The minimum absolute atomic E-state index is 0.152. The monoisotopic (exact) mass is 654 g/mol. The highest BCUT2D eigenvalue weighted by molar-refractivity contribution is 6.06. The van der Waals surface area contributed by atoms with Crippen molar-refractivity contribution in [2.45, 2.75) is 51.5 Å². The van der Waals surface area contributed by atoms with Gasteiger partial charge in [0, 0.05) is 37.6 Å². The van der Waals surface area contributed by atoms with Crippen LogP contribution in [0.5, 0.6) is 17.2 Å². The van der Waals surface area contributed by atoms with E-state index in [0.717, 1.165) is 59.3 Å². The van der Waals surface area contributed by atoms with Crippen molar-refractivity contribution in [2.24, 2.45) is 0 Å². The largest absolute Gasteiger partial charge is 0.493 e. The molecule has 252 valence electrons. The summed E-state index contributed by atoms with van der Waals surface area (Å²) < 4.78 is 31.8. The minimum atomic E-state index is -0.421. The maximum atomic E-state index is 14.5. The van der Waals surface area contributed by atoms with Gasteiger partial charge in [-0.2, -0.15) is 0 Å². The Kier molecular flexibility index (Phi) is 10.4. The van der Waals surface area contributed by atoms with E-state index in [1.807, 2.05) is 19.1 Å². The number of amides is 2. The van der Waals surface area contributed by atoms with Crippen LogP contribution in [0.25, 0.3) is 17.2 Å². The van der Waals surface area contributed by atoms with Crippen LogP contribution in [0.4, 0.5) is 9.18 Å². The molecule has 1 aromatic heterocycles. The number of benzene rings is 2. The zero-order valence-electron chi connectivity index (χ0n) is 27.9. The molecule has 3 heterocycles. The molecule has 1 aliphatic carbocycles. The lowest BCUT2D eigenvalue weighted by Gasteiger charge is -2.39. The van der Waals surface area contributed by atoms with E-state index in [-0.39, 0.29) is 30.4 Å². The van der Waals surface area contributed by atoms with Gasteiger partial charge in [-0.1, -0.05) is 18.6 Å². The predicted molar refractivity (Wildman–Crippen MR) is 183 cm³/mol. The van der Waals surface area contributed by atoms with E-state index >= 15 is 0 Å². The molecule has 0 bridgehead atoms. The number of aromatic nitrogens is 1. The highest BCUT2D eigenvalue weighted by Gasteiger charge is 2.30. The number of carbonyl (C=O) groups excluding carboxylic acids is 2. The van der Waals surface area contributed by atoms with Crippen LogP contribution in [0.2, 0.25) is 0 Å². The van der Waals surface area contributed by atoms with Gasteiger partial charge in [0.25, 0.3) is 0 Å². The molecule has 0 unspecified atom stereocenters. The van der Waals surface area contributed by atoms with Crippen LogP contribution < -0.4 is 19.5 Å². The van der Waals surface area contributed by atoms with Crippen LogP contribution in [-0.4, -0.2) is 79.8 Å². The van der Waals surface area contributed by atoms with Gasteiger partial charge in [0.2, 0.25) is 11.7 Å². The number of nitrogens with one attached hydrogen (secondary N) is 1. The molecule has 6 rings (SSSR count). The molecular formula is C38H43FN4O5. The molecule has 0 spiro atoms. The number of fused-ring (bicyclic) bond motifs is 1. The number of ether oxygens (including phenoxy) is 3. The third-order valence-corrected chi connectivity index (χ3v) is 9.60. The quantitative estimate of drug-likeness (QED) is 0.287. The molecule has 1 N–H and O–H groups in total. The van der Waals surface area contributed by atoms with Crippen LogP contribution in [-0.2, 0) is 11.2 Å². The molecule has 0 atom stereocenters. The normalized spacial score (nSPS) is 17.8. The first-order chi connectivity index (χ1) is 23.3. The third kappa shape index (κ3) is 7.39. The van der Waals surface area contributed by atoms with Crippen molar-refractivity contribution in [3.05, 3.63) is 88.5 Å². The van der Waals surface area contributed by atoms with Crippen molar-refractivity contribution in [1.82, 2.24) is 20.1 Å². The summed E-state index contributed by atoms with van der Waals surface area (Å²) in [5, 5.41) is 2.98. The van der Waals surface area contributed by atoms with Crippen molar-refractivity contribution in [1.29, 1.82) is 0 Å². The molecule has 2 aromatic carbocycles. The predicted octanol–water partition coefficient (Wildman–Crippen LogP) is 6.37. The lowest BCUT2D eigenvalue weighted by molar-refractivity contribution is -0.120. The van der Waals surface area contributed by atoms with E-state index in [9.17, 15) is 14.0 Å². The van der Waals surface area contributed by atoms with Gasteiger partial charge < -0.3 is 29.3 Å². The summed E-state index contributed by atoms with van der Waals surface area (Å²) in [6.45, 7) is 5.78. The molecule has 10 heteroatoms. The van der Waals surface area contributed by atoms with Crippen molar-refractivity contribution >= 4 is 29.2 Å². The maximum absolute atomic E-state index is 14.5. The smallest absolute Gasteiger partial charge is 0.415 e. The fourth-order valence-electron chi connectivity index (χ4n) is 7.00. The summed E-state index contributed by atoms with van der Waals surface area (Å²) in [5.74, 6) is 0.418. The minimum Gasteiger partial charge on any atom is -0.493 e. The van der Waals surface area contributed by atoms with Gasteiger partial charge in [0.05, 0.1) is 20.6 Å². The zero-order valence-corrected chi connectivity index (χ0v) is 27.9. The highest BCUT2D eigenvalue weighted by atomic mass is 19.1. The van der Waals surface area contributed by atoms with Gasteiger partial charge in [-0.15, -0.1) is 0 Å². The van der Waals surface area contributed by atoms with Crippen molar-refractivity contribution in [2.75, 3.05) is 46.9 Å². The number of hydrogen-bond donors (Lipinski definition) is 1. The average molecular weight is 655 g/mol. The van der Waals surface area contributed by atoms with Crippen LogP contribution in [0.3, 0.4) is 0 Å². The lowest BCUT2D eigenvalue weighted by atomic mass is 10.00. The van der Waals surface area contributed by atoms with E-state index in [1.54, 1.807) is 41.4 Å². The summed E-state index contributed by atoms with van der Waals surface area (Å²) in [4.78, 5) is 34.6. The number of rotatable bonds is 9. The number of hydrogen-bond acceptors (Lipinski definition) is 7. The molecule has 3 aromatic rings. The number of carbonyl (C=O) groups is 2. The second kappa shape index (κ2) is 15.0. The Morgan fingerprint density at radius 3 is 2.35 bits per heavy atom. The standard InChI is InChI=1S/C38H43FN4O5/c1-25-31(30-11-10-27(39)22-32(30)33(25)24-41-36(44)23-28-9-5-6-14-40-28)19-26-20-34(46-2)37(35(21-26)47-3)48-38(45)43-17-12-29(13-18-43)42-15-7-4-8-16-42/h5-6,9-11,14,19-22,29H,4,7-8,12-13,15-18,23-24H2,1-3H3,(H,41,44)/b31-19-. The summed E-state index contributed by atoms with van der Waals surface area (Å²) in [6.07, 6.45) is 9.03. The fraction of sp³-hybridized carbons (Fsp3) is 0.395. The first-order valence-electron chi connectivity index (χ1n) is 16.7. The average Bonchev–Trinajstić information content (AvgIpc) is 3.37. The van der Waals surface area contributed by atoms with E-state index in [4.69, 9.17) is 14.2 Å². The number of likely N-dealkylation sites (tertiary alicyclic amines) is 2. The molecule has 0 radical (unpaired) electrons. The Morgan fingerprint density at radius 1 is 0.958 bits per heavy atom. The van der Waals surface area contributed by atoms with Gasteiger partial charge in [-0.05, 0) is 122 Å². The number of nitrogens with zero attached hydrogens (tertiary/aromatic N) is 3. The van der Waals surface area contributed by atoms with E-state index in [1.165, 1.54) is 45.6 Å². The second-order valence-corrected chi connectivity index (χ2v) is 12.6. The van der Waals surface area contributed by atoms with Crippen molar-refractivity contribution in [3.8, 4) is 17.2 Å². The second-order valence-electron chi connectivity index (χ2n) is 12.6. The van der Waals surface area contributed by atoms with Crippen LogP contribution >= 0.6 is 0 Å². The molecule has 0 saturated carbocycles. The number of halogens is 1. The third-order valence-electron chi connectivity index (χ3n) is 9.60. The van der Waals surface area contributed by atoms with Crippen molar-refractivity contribution in [3.63, 3.8) is 0 Å². The lowest BCUT2D eigenvalue weighted by Crippen LogP contribution is -2.48. The molecule has 2 saturated heterocycles. The van der Waals surface area contributed by atoms with Gasteiger partial charge in [0.1, 0.15) is 5.82 Å². The molecule has 2 fully saturated rings. The molecular weight excluding hydrogens is 611 g/mol. The number of piperidine rings is 2. The first kappa shape index (κ1) is 33.2. The topological polar surface area (TPSA) is 93.2 Å². The molecule has 3 aliphatic rings. The van der Waals surface area contributed by atoms with Crippen molar-refractivity contribution < 1.29 is 28.2 Å². The maximum Gasteiger partial charge on any atom is 0.415 e. The Balaban J connectivity index is 1.20. The van der Waals surface area contributed by atoms with Gasteiger partial charge in [-0.3, -0.25) is 9.78 Å². The summed E-state index contributed by atoms with van der Waals surface area (Å²) >= 11 is 0. The molecule has 48 heavy (non-hydrogen) atoms. The van der Waals surface area contributed by atoms with Crippen LogP contribution in [0.1, 0.15) is 61.4 Å². The van der Waals surface area contributed by atoms with Gasteiger partial charge in [-0.25, -0.2) is 9.18 Å². The summed E-state index contributed by atoms with van der Waals surface area (Å²) in [5.41, 5.74) is 5.62.